The van der Waals surface area contributed by atoms with Crippen molar-refractivity contribution in [2.75, 3.05) is 0 Å². The normalized spacial score (nSPS) is 22.9. The maximum absolute atomic E-state index is 4.58. The van der Waals surface area contributed by atoms with Crippen LogP contribution in [0.15, 0.2) is 30.7 Å². The molecule has 2 unspecified atom stereocenters. The van der Waals surface area contributed by atoms with Crippen molar-refractivity contribution in [2.24, 2.45) is 0 Å². The Morgan fingerprint density at radius 2 is 2.25 bits per heavy atom. The predicted molar refractivity (Wildman–Crippen MR) is 79.5 cm³/mol. The van der Waals surface area contributed by atoms with Gasteiger partial charge in [0.15, 0.2) is 0 Å². The second-order valence-electron chi connectivity index (χ2n) is 5.77. The summed E-state index contributed by atoms with van der Waals surface area (Å²) in [5.41, 5.74) is 3.43. The van der Waals surface area contributed by atoms with Crippen molar-refractivity contribution >= 4 is 0 Å². The molecule has 4 heteroatoms. The third-order valence-corrected chi connectivity index (χ3v) is 4.00. The molecule has 20 heavy (non-hydrogen) atoms. The van der Waals surface area contributed by atoms with Crippen LogP contribution in [0, 0.1) is 6.92 Å². The molecule has 0 aliphatic carbocycles. The summed E-state index contributed by atoms with van der Waals surface area (Å²) in [5.74, 6) is 0. The van der Waals surface area contributed by atoms with Gasteiger partial charge in [-0.2, -0.15) is 0 Å². The fourth-order valence-electron chi connectivity index (χ4n) is 2.99. The summed E-state index contributed by atoms with van der Waals surface area (Å²) in [6.45, 7) is 5.08. The highest BCUT2D eigenvalue weighted by atomic mass is 15.1. The maximum Gasteiger partial charge on any atom is 0.0952 e. The first-order valence-corrected chi connectivity index (χ1v) is 7.41. The summed E-state index contributed by atoms with van der Waals surface area (Å²) in [5, 5.41) is 3.68. The second-order valence-corrected chi connectivity index (χ2v) is 5.77. The molecule has 2 aromatic heterocycles. The van der Waals surface area contributed by atoms with E-state index in [-0.39, 0.29) is 0 Å². The average molecular weight is 270 g/mol. The summed E-state index contributed by atoms with van der Waals surface area (Å²) >= 11 is 0. The maximum atomic E-state index is 4.58. The van der Waals surface area contributed by atoms with Crippen LogP contribution < -0.4 is 5.32 Å². The molecule has 0 amide bonds. The number of hydrogen-bond donors (Lipinski definition) is 1. The lowest BCUT2D eigenvalue weighted by Crippen LogP contribution is -2.35. The molecule has 1 N–H and O–H groups in total. The molecule has 106 valence electrons. The Morgan fingerprint density at radius 3 is 3.05 bits per heavy atom. The third-order valence-electron chi connectivity index (χ3n) is 4.00. The largest absolute Gasteiger partial charge is 0.327 e. The summed E-state index contributed by atoms with van der Waals surface area (Å²) in [7, 11) is 0. The average Bonchev–Trinajstić information content (AvgIpc) is 2.87. The zero-order valence-electron chi connectivity index (χ0n) is 12.2. The van der Waals surface area contributed by atoms with Crippen LogP contribution in [-0.2, 0) is 6.54 Å². The first-order chi connectivity index (χ1) is 9.72. The number of piperidine rings is 1. The standard InChI is InChI=1S/C16H22N4/c1-12-5-3-7-14(18-12)10-20-11-17-9-16(20)15-8-4-6-13(2)19-15/h3,5,7,9,11,13,15,19H,4,6,8,10H2,1-2H3. The van der Waals surface area contributed by atoms with E-state index in [1.54, 1.807) is 0 Å². The Kier molecular flexibility index (Phi) is 3.83. The van der Waals surface area contributed by atoms with Crippen LogP contribution in [0.5, 0.6) is 0 Å². The van der Waals surface area contributed by atoms with Gasteiger partial charge in [-0.15, -0.1) is 0 Å². The van der Waals surface area contributed by atoms with Gasteiger partial charge in [0.05, 0.1) is 24.3 Å². The molecule has 0 radical (unpaired) electrons. The molecule has 2 aromatic rings. The quantitative estimate of drug-likeness (QED) is 0.932. The molecule has 0 saturated carbocycles. The minimum Gasteiger partial charge on any atom is -0.327 e. The topological polar surface area (TPSA) is 42.7 Å². The van der Waals surface area contributed by atoms with E-state index in [1.807, 2.05) is 25.5 Å². The van der Waals surface area contributed by atoms with Gasteiger partial charge in [0.25, 0.3) is 0 Å². The molecule has 0 aromatic carbocycles. The van der Waals surface area contributed by atoms with Crippen LogP contribution in [0.4, 0.5) is 0 Å². The molecule has 3 heterocycles. The number of imidazole rings is 1. The van der Waals surface area contributed by atoms with E-state index in [2.05, 4.69) is 38.9 Å². The fraction of sp³-hybridized carbons (Fsp3) is 0.500. The van der Waals surface area contributed by atoms with Gasteiger partial charge in [0.2, 0.25) is 0 Å². The van der Waals surface area contributed by atoms with Crippen LogP contribution >= 0.6 is 0 Å². The zero-order valence-corrected chi connectivity index (χ0v) is 12.2. The van der Waals surface area contributed by atoms with Crippen LogP contribution in [0.2, 0.25) is 0 Å². The van der Waals surface area contributed by atoms with Crippen LogP contribution in [0.1, 0.15) is 49.3 Å². The van der Waals surface area contributed by atoms with E-state index in [0.717, 1.165) is 17.9 Å². The van der Waals surface area contributed by atoms with Gasteiger partial charge in [-0.25, -0.2) is 4.98 Å². The summed E-state index contributed by atoms with van der Waals surface area (Å²) in [6.07, 6.45) is 7.65. The van der Waals surface area contributed by atoms with Crippen molar-refractivity contribution in [1.82, 2.24) is 19.9 Å². The van der Waals surface area contributed by atoms with E-state index < -0.39 is 0 Å². The summed E-state index contributed by atoms with van der Waals surface area (Å²) in [6, 6.07) is 7.19. The van der Waals surface area contributed by atoms with Crippen molar-refractivity contribution in [3.63, 3.8) is 0 Å². The van der Waals surface area contributed by atoms with Gasteiger partial charge in [-0.3, -0.25) is 4.98 Å². The number of aromatic nitrogens is 3. The Bertz CT molecular complexity index is 575. The van der Waals surface area contributed by atoms with Crippen molar-refractivity contribution < 1.29 is 0 Å². The van der Waals surface area contributed by atoms with E-state index in [1.165, 1.54) is 25.0 Å². The Morgan fingerprint density at radius 1 is 1.35 bits per heavy atom. The van der Waals surface area contributed by atoms with Gasteiger partial charge < -0.3 is 9.88 Å². The van der Waals surface area contributed by atoms with Crippen molar-refractivity contribution in [3.8, 4) is 0 Å². The van der Waals surface area contributed by atoms with Gasteiger partial charge in [-0.1, -0.05) is 6.07 Å². The fourth-order valence-corrected chi connectivity index (χ4v) is 2.99. The molecule has 3 rings (SSSR count). The highest BCUT2D eigenvalue weighted by Crippen LogP contribution is 2.25. The minimum absolute atomic E-state index is 0.422. The van der Waals surface area contributed by atoms with Crippen LogP contribution in [0.25, 0.3) is 0 Å². The zero-order chi connectivity index (χ0) is 13.9. The van der Waals surface area contributed by atoms with Gasteiger partial charge in [0.1, 0.15) is 0 Å². The first kappa shape index (κ1) is 13.3. The smallest absolute Gasteiger partial charge is 0.0952 e. The molecular formula is C16H22N4. The third kappa shape index (κ3) is 2.90. The molecule has 1 saturated heterocycles. The summed E-state index contributed by atoms with van der Waals surface area (Å²) < 4.78 is 2.22. The number of pyridine rings is 1. The lowest BCUT2D eigenvalue weighted by molar-refractivity contribution is 0.330. The highest BCUT2D eigenvalue weighted by Gasteiger charge is 2.22. The van der Waals surface area contributed by atoms with Gasteiger partial charge >= 0.3 is 0 Å². The predicted octanol–water partition coefficient (Wildman–Crippen LogP) is 2.84. The van der Waals surface area contributed by atoms with Crippen molar-refractivity contribution in [3.05, 3.63) is 47.8 Å². The number of nitrogens with one attached hydrogen (secondary N) is 1. The minimum atomic E-state index is 0.422. The molecule has 0 bridgehead atoms. The van der Waals surface area contributed by atoms with E-state index in [4.69, 9.17) is 0 Å². The SMILES string of the molecule is Cc1cccc(Cn2cncc2C2CCCC(C)N2)n1. The number of nitrogens with zero attached hydrogens (tertiary/aromatic N) is 3. The molecule has 1 fully saturated rings. The molecule has 4 nitrogen and oxygen atoms in total. The number of hydrogen-bond acceptors (Lipinski definition) is 3. The Labute approximate surface area is 120 Å². The molecule has 0 spiro atoms. The van der Waals surface area contributed by atoms with Crippen molar-refractivity contribution in [2.45, 2.75) is 51.7 Å². The monoisotopic (exact) mass is 270 g/mol. The molecule has 2 atom stereocenters. The van der Waals surface area contributed by atoms with E-state index in [9.17, 15) is 0 Å². The first-order valence-electron chi connectivity index (χ1n) is 7.41. The van der Waals surface area contributed by atoms with Crippen molar-refractivity contribution in [1.29, 1.82) is 0 Å². The van der Waals surface area contributed by atoms with Crippen LogP contribution in [-0.4, -0.2) is 20.6 Å². The molecule has 1 aliphatic heterocycles. The van der Waals surface area contributed by atoms with Gasteiger partial charge in [-0.05, 0) is 45.2 Å². The van der Waals surface area contributed by atoms with E-state index >= 15 is 0 Å². The highest BCUT2D eigenvalue weighted by molar-refractivity contribution is 5.13. The Balaban J connectivity index is 1.79. The second kappa shape index (κ2) is 5.75. The molecule has 1 aliphatic rings. The number of aryl methyl sites for hydroxylation is 1. The van der Waals surface area contributed by atoms with Crippen LogP contribution in [0.3, 0.4) is 0 Å². The lowest BCUT2D eigenvalue weighted by Gasteiger charge is -2.29. The van der Waals surface area contributed by atoms with Gasteiger partial charge in [0, 0.05) is 24.0 Å². The Hall–Kier alpha value is -1.68. The number of rotatable bonds is 3. The lowest BCUT2D eigenvalue weighted by atomic mass is 9.97. The van der Waals surface area contributed by atoms with E-state index in [0.29, 0.717) is 12.1 Å². The molecular weight excluding hydrogens is 248 g/mol. The summed E-state index contributed by atoms with van der Waals surface area (Å²) in [4.78, 5) is 8.92.